The minimum atomic E-state index is -3.67. The number of nitrogens with zero attached hydrogens (tertiary/aromatic N) is 1. The number of hydrogen-bond acceptors (Lipinski definition) is 4. The Labute approximate surface area is 150 Å². The summed E-state index contributed by atoms with van der Waals surface area (Å²) in [6, 6.07) is 4.28. The van der Waals surface area contributed by atoms with Gasteiger partial charge in [0, 0.05) is 19.1 Å². The Morgan fingerprint density at radius 1 is 1.24 bits per heavy atom. The predicted molar refractivity (Wildman–Crippen MR) is 97.4 cm³/mol. The Bertz CT molecular complexity index is 695. The Hall–Kier alpha value is -1.60. The number of carbonyl (C=O) groups excluding carboxylic acids is 1. The van der Waals surface area contributed by atoms with Crippen molar-refractivity contribution in [2.24, 2.45) is 0 Å². The first kappa shape index (κ1) is 19.7. The van der Waals surface area contributed by atoms with Crippen molar-refractivity contribution in [1.82, 2.24) is 9.62 Å². The summed E-state index contributed by atoms with van der Waals surface area (Å²) >= 11 is 0. The average Bonchev–Trinajstić information content (AvgIpc) is 2.89. The van der Waals surface area contributed by atoms with E-state index in [2.05, 4.69) is 4.72 Å². The van der Waals surface area contributed by atoms with Crippen molar-refractivity contribution in [3.05, 3.63) is 23.8 Å². The fraction of sp³-hybridized carbons (Fsp3) is 0.611. The van der Waals surface area contributed by atoms with E-state index >= 15 is 0 Å². The Morgan fingerprint density at radius 2 is 1.88 bits per heavy atom. The van der Waals surface area contributed by atoms with Crippen molar-refractivity contribution in [2.75, 3.05) is 20.2 Å². The van der Waals surface area contributed by atoms with Gasteiger partial charge in [-0.1, -0.05) is 19.8 Å². The Balaban J connectivity index is 2.34. The number of carbonyl (C=O) groups is 1. The molecule has 0 radical (unpaired) electrons. The van der Waals surface area contributed by atoms with Gasteiger partial charge in [-0.25, -0.2) is 13.1 Å². The molecule has 140 valence electrons. The predicted octanol–water partition coefficient (Wildman–Crippen LogP) is 2.79. The molecule has 0 aromatic heterocycles. The molecule has 1 aliphatic rings. The zero-order valence-electron chi connectivity index (χ0n) is 15.2. The minimum Gasteiger partial charge on any atom is -0.496 e. The number of sulfonamides is 1. The Morgan fingerprint density at radius 3 is 2.44 bits per heavy atom. The van der Waals surface area contributed by atoms with Gasteiger partial charge in [-0.3, -0.25) is 4.79 Å². The van der Waals surface area contributed by atoms with E-state index in [4.69, 9.17) is 4.74 Å². The van der Waals surface area contributed by atoms with Gasteiger partial charge in [-0.15, -0.1) is 0 Å². The lowest BCUT2D eigenvalue weighted by molar-refractivity contribution is 0.0758. The molecule has 1 aromatic carbocycles. The van der Waals surface area contributed by atoms with Crippen LogP contribution in [-0.4, -0.2) is 45.5 Å². The second kappa shape index (κ2) is 8.67. The van der Waals surface area contributed by atoms with E-state index in [1.165, 1.54) is 19.2 Å². The molecule has 1 aliphatic heterocycles. The molecule has 1 atom stereocenters. The molecule has 7 heteroatoms. The lowest BCUT2D eigenvalue weighted by Crippen LogP contribution is -2.33. The highest BCUT2D eigenvalue weighted by Crippen LogP contribution is 2.25. The van der Waals surface area contributed by atoms with Crippen molar-refractivity contribution in [2.45, 2.75) is 56.9 Å². The van der Waals surface area contributed by atoms with Crippen LogP contribution < -0.4 is 9.46 Å². The highest BCUT2D eigenvalue weighted by molar-refractivity contribution is 7.89. The highest BCUT2D eigenvalue weighted by atomic mass is 32.2. The summed E-state index contributed by atoms with van der Waals surface area (Å²) in [5.41, 5.74) is 0.302. The summed E-state index contributed by atoms with van der Waals surface area (Å²) in [4.78, 5) is 14.8. The zero-order chi connectivity index (χ0) is 18.4. The Kier molecular flexibility index (Phi) is 6.84. The van der Waals surface area contributed by atoms with Crippen molar-refractivity contribution >= 4 is 15.9 Å². The van der Waals surface area contributed by atoms with Gasteiger partial charge in [0.1, 0.15) is 5.75 Å². The molecule has 6 nitrogen and oxygen atoms in total. The first-order valence-corrected chi connectivity index (χ1v) is 10.4. The number of nitrogens with one attached hydrogen (secondary N) is 1. The van der Waals surface area contributed by atoms with Gasteiger partial charge in [0.05, 0.1) is 17.6 Å². The van der Waals surface area contributed by atoms with Gasteiger partial charge in [-0.2, -0.15) is 0 Å². The number of amides is 1. The first-order valence-electron chi connectivity index (χ1n) is 8.88. The van der Waals surface area contributed by atoms with Crippen LogP contribution in [0.4, 0.5) is 0 Å². The monoisotopic (exact) mass is 368 g/mol. The summed E-state index contributed by atoms with van der Waals surface area (Å²) in [6.07, 6.45) is 4.88. The molecule has 0 bridgehead atoms. The van der Waals surface area contributed by atoms with Crippen LogP contribution in [0, 0.1) is 0 Å². The second-order valence-corrected chi connectivity index (χ2v) is 8.21. The van der Waals surface area contributed by atoms with Gasteiger partial charge in [0.2, 0.25) is 10.0 Å². The van der Waals surface area contributed by atoms with E-state index in [9.17, 15) is 13.2 Å². The van der Waals surface area contributed by atoms with E-state index in [0.29, 0.717) is 30.8 Å². The summed E-state index contributed by atoms with van der Waals surface area (Å²) < 4.78 is 33.0. The smallest absolute Gasteiger partial charge is 0.257 e. The molecule has 0 saturated carbocycles. The van der Waals surface area contributed by atoms with Crippen LogP contribution in [-0.2, 0) is 10.0 Å². The van der Waals surface area contributed by atoms with Crippen LogP contribution in [0.25, 0.3) is 0 Å². The van der Waals surface area contributed by atoms with Crippen molar-refractivity contribution in [3.63, 3.8) is 0 Å². The van der Waals surface area contributed by atoms with Crippen LogP contribution in [0.15, 0.2) is 23.1 Å². The highest BCUT2D eigenvalue weighted by Gasteiger charge is 2.24. The molecule has 1 aromatic rings. The van der Waals surface area contributed by atoms with Crippen LogP contribution >= 0.6 is 0 Å². The molecule has 2 rings (SSSR count). The van der Waals surface area contributed by atoms with E-state index in [-0.39, 0.29) is 16.8 Å². The van der Waals surface area contributed by atoms with Crippen LogP contribution in [0.3, 0.4) is 0 Å². The van der Waals surface area contributed by atoms with E-state index in [1.807, 2.05) is 13.8 Å². The first-order chi connectivity index (χ1) is 11.9. The van der Waals surface area contributed by atoms with Gasteiger partial charge in [0.25, 0.3) is 5.91 Å². The van der Waals surface area contributed by atoms with Crippen LogP contribution in [0.2, 0.25) is 0 Å². The maximum Gasteiger partial charge on any atom is 0.257 e. The molecule has 0 spiro atoms. The van der Waals surface area contributed by atoms with Crippen LogP contribution in [0.1, 0.15) is 56.3 Å². The van der Waals surface area contributed by atoms with E-state index < -0.39 is 10.0 Å². The fourth-order valence-corrected chi connectivity index (χ4v) is 4.23. The van der Waals surface area contributed by atoms with Gasteiger partial charge >= 0.3 is 0 Å². The van der Waals surface area contributed by atoms with Gasteiger partial charge in [0.15, 0.2) is 0 Å². The maximum absolute atomic E-state index is 12.9. The van der Waals surface area contributed by atoms with Crippen molar-refractivity contribution < 1.29 is 17.9 Å². The molecule has 1 saturated heterocycles. The van der Waals surface area contributed by atoms with Gasteiger partial charge in [-0.05, 0) is 44.4 Å². The molecule has 1 heterocycles. The number of methoxy groups -OCH3 is 1. The number of hydrogen-bond donors (Lipinski definition) is 1. The maximum atomic E-state index is 12.9. The summed E-state index contributed by atoms with van der Waals surface area (Å²) in [7, 11) is -2.18. The van der Waals surface area contributed by atoms with Crippen LogP contribution in [0.5, 0.6) is 5.75 Å². The molecule has 0 aliphatic carbocycles. The normalized spacial score (nSPS) is 17.0. The zero-order valence-corrected chi connectivity index (χ0v) is 16.1. The lowest BCUT2D eigenvalue weighted by atomic mass is 10.1. The third-order valence-electron chi connectivity index (χ3n) is 4.57. The topological polar surface area (TPSA) is 75.7 Å². The van der Waals surface area contributed by atoms with E-state index in [0.717, 1.165) is 25.7 Å². The molecular formula is C18H28N2O4S. The third-order valence-corrected chi connectivity index (χ3v) is 6.16. The fourth-order valence-electron chi connectivity index (χ4n) is 2.88. The molecule has 1 fully saturated rings. The molecule has 1 amide bonds. The van der Waals surface area contributed by atoms with Crippen molar-refractivity contribution in [1.29, 1.82) is 0 Å². The second-order valence-electron chi connectivity index (χ2n) is 6.50. The lowest BCUT2D eigenvalue weighted by Gasteiger charge is -2.22. The quantitative estimate of drug-likeness (QED) is 0.838. The van der Waals surface area contributed by atoms with Gasteiger partial charge < -0.3 is 9.64 Å². The number of likely N-dealkylation sites (tertiary alicyclic amines) is 1. The summed E-state index contributed by atoms with van der Waals surface area (Å²) in [6.45, 7) is 5.12. The third kappa shape index (κ3) is 4.95. The summed E-state index contributed by atoms with van der Waals surface area (Å²) in [5, 5.41) is 0. The molecule has 1 N–H and O–H groups in total. The van der Waals surface area contributed by atoms with Crippen molar-refractivity contribution in [3.8, 4) is 5.75 Å². The van der Waals surface area contributed by atoms with E-state index in [1.54, 1.807) is 11.0 Å². The number of ether oxygens (including phenoxy) is 1. The number of benzene rings is 1. The summed E-state index contributed by atoms with van der Waals surface area (Å²) in [5.74, 6) is 0.232. The molecular weight excluding hydrogens is 340 g/mol. The molecule has 0 unspecified atom stereocenters. The molecule has 25 heavy (non-hydrogen) atoms. The average molecular weight is 368 g/mol. The standard InChI is InChI=1S/C18H28N2O4S/c1-4-14(2)19-25(22,23)15-9-10-17(24-3)16(13-15)18(21)20-11-7-5-6-8-12-20/h9-10,13-14,19H,4-8,11-12H2,1-3H3/t14-/m0/s1. The largest absolute Gasteiger partial charge is 0.496 e. The number of rotatable bonds is 6. The minimum absolute atomic E-state index is 0.0896. The SMILES string of the molecule is CC[C@H](C)NS(=O)(=O)c1ccc(OC)c(C(=O)N2CCCCCC2)c1.